The highest BCUT2D eigenvalue weighted by molar-refractivity contribution is 5.97. The van der Waals surface area contributed by atoms with Crippen LogP contribution in [0.5, 0.6) is 0 Å². The van der Waals surface area contributed by atoms with Crippen LogP contribution in [0.3, 0.4) is 0 Å². The lowest BCUT2D eigenvalue weighted by molar-refractivity contribution is 0.0943. The Morgan fingerprint density at radius 3 is 2.80 bits per heavy atom. The molecule has 1 aromatic rings. The van der Waals surface area contributed by atoms with Crippen molar-refractivity contribution in [2.24, 2.45) is 11.7 Å². The Bertz CT molecular complexity index is 412. The first-order valence-corrected chi connectivity index (χ1v) is 4.74. The molecule has 6 nitrogen and oxygen atoms in total. The van der Waals surface area contributed by atoms with E-state index in [0.717, 1.165) is 6.42 Å². The molecule has 0 saturated heterocycles. The highest BCUT2D eigenvalue weighted by Crippen LogP contribution is 2.29. The van der Waals surface area contributed by atoms with Crippen molar-refractivity contribution in [3.8, 4) is 0 Å². The summed E-state index contributed by atoms with van der Waals surface area (Å²) < 4.78 is 0. The molecule has 80 valence electrons. The number of carbonyl (C=O) groups is 2. The fourth-order valence-corrected chi connectivity index (χ4v) is 1.33. The van der Waals surface area contributed by atoms with E-state index in [0.29, 0.717) is 5.92 Å². The average Bonchev–Trinajstić information content (AvgIpc) is 2.71. The van der Waals surface area contributed by atoms with Crippen LogP contribution in [0.2, 0.25) is 0 Å². The summed E-state index contributed by atoms with van der Waals surface area (Å²) in [6.07, 6.45) is 1.00. The van der Waals surface area contributed by atoms with Gasteiger partial charge in [-0.25, -0.2) is 0 Å². The quantitative estimate of drug-likeness (QED) is 0.632. The summed E-state index contributed by atoms with van der Waals surface area (Å²) in [4.78, 5) is 22.3. The molecular weight excluding hydrogens is 196 g/mol. The third kappa shape index (κ3) is 1.98. The molecule has 1 fully saturated rings. The molecule has 1 heterocycles. The van der Waals surface area contributed by atoms with Crippen LogP contribution in [-0.2, 0) is 0 Å². The lowest BCUT2D eigenvalue weighted by Crippen LogP contribution is -2.26. The van der Waals surface area contributed by atoms with Crippen molar-refractivity contribution in [1.29, 1.82) is 0 Å². The lowest BCUT2D eigenvalue weighted by Gasteiger charge is -1.99. The number of H-pyrrole nitrogens is 1. The molecule has 1 aromatic heterocycles. The maximum atomic E-state index is 11.5. The molecule has 0 unspecified atom stereocenters. The molecule has 2 rings (SSSR count). The minimum absolute atomic E-state index is 0.0731. The van der Waals surface area contributed by atoms with E-state index in [1.807, 2.05) is 0 Å². The zero-order valence-corrected chi connectivity index (χ0v) is 8.28. The molecule has 1 aliphatic carbocycles. The van der Waals surface area contributed by atoms with Crippen molar-refractivity contribution in [3.05, 3.63) is 17.5 Å². The molecule has 1 saturated carbocycles. The van der Waals surface area contributed by atoms with Gasteiger partial charge in [0.05, 0.1) is 0 Å². The molecule has 1 aliphatic rings. The maximum absolute atomic E-state index is 11.5. The van der Waals surface area contributed by atoms with Crippen LogP contribution in [0.15, 0.2) is 6.07 Å². The summed E-state index contributed by atoms with van der Waals surface area (Å²) in [5.41, 5.74) is 5.35. The highest BCUT2D eigenvalue weighted by atomic mass is 16.2. The molecule has 0 bridgehead atoms. The van der Waals surface area contributed by atoms with Crippen LogP contribution in [0.4, 0.5) is 0 Å². The van der Waals surface area contributed by atoms with Gasteiger partial charge in [0, 0.05) is 12.1 Å². The summed E-state index contributed by atoms with van der Waals surface area (Å²) in [6.45, 7) is 2.06. The van der Waals surface area contributed by atoms with Gasteiger partial charge < -0.3 is 11.1 Å². The number of aromatic nitrogens is 2. The monoisotopic (exact) mass is 208 g/mol. The number of primary amides is 1. The Labute approximate surface area is 86.2 Å². The van der Waals surface area contributed by atoms with Gasteiger partial charge in [0.2, 0.25) is 0 Å². The smallest absolute Gasteiger partial charge is 0.269 e. The topological polar surface area (TPSA) is 101 Å². The molecule has 6 heteroatoms. The summed E-state index contributed by atoms with van der Waals surface area (Å²) >= 11 is 0. The zero-order chi connectivity index (χ0) is 11.0. The van der Waals surface area contributed by atoms with Crippen LogP contribution in [0.25, 0.3) is 0 Å². The molecule has 0 radical (unpaired) electrons. The number of hydrogen-bond donors (Lipinski definition) is 3. The van der Waals surface area contributed by atoms with Gasteiger partial charge in [0.25, 0.3) is 11.8 Å². The molecular formula is C9H12N4O2. The van der Waals surface area contributed by atoms with Gasteiger partial charge in [-0.15, -0.1) is 0 Å². The molecule has 15 heavy (non-hydrogen) atoms. The fraction of sp³-hybridized carbons (Fsp3) is 0.444. The van der Waals surface area contributed by atoms with E-state index in [1.165, 1.54) is 6.07 Å². The Morgan fingerprint density at radius 2 is 2.33 bits per heavy atom. The molecule has 2 atom stereocenters. The first-order chi connectivity index (χ1) is 7.08. The number of carbonyl (C=O) groups excluding carboxylic acids is 2. The van der Waals surface area contributed by atoms with Crippen molar-refractivity contribution in [2.45, 2.75) is 19.4 Å². The molecule has 0 aliphatic heterocycles. The standard InChI is InChI=1S/C9H12N4O2/c1-4-2-5(4)11-9(15)7-3-6(8(10)14)12-13-7/h3-5H,2H2,1H3,(H2,10,14)(H,11,15)(H,12,13)/t4-,5-/m0/s1. The van der Waals surface area contributed by atoms with E-state index >= 15 is 0 Å². The second-order valence-electron chi connectivity index (χ2n) is 3.82. The Kier molecular flexibility index (Phi) is 2.18. The van der Waals surface area contributed by atoms with Crippen molar-refractivity contribution in [3.63, 3.8) is 0 Å². The Balaban J connectivity index is 2.02. The van der Waals surface area contributed by atoms with Gasteiger partial charge in [-0.1, -0.05) is 6.92 Å². The van der Waals surface area contributed by atoms with Crippen molar-refractivity contribution in [1.82, 2.24) is 15.5 Å². The summed E-state index contributed by atoms with van der Waals surface area (Å²) in [6, 6.07) is 1.60. The fourth-order valence-electron chi connectivity index (χ4n) is 1.33. The summed E-state index contributed by atoms with van der Waals surface area (Å²) in [5.74, 6) is -0.359. The van der Waals surface area contributed by atoms with E-state index in [4.69, 9.17) is 5.73 Å². The third-order valence-corrected chi connectivity index (χ3v) is 2.50. The van der Waals surface area contributed by atoms with Gasteiger partial charge in [-0.05, 0) is 12.3 Å². The van der Waals surface area contributed by atoms with Crippen LogP contribution < -0.4 is 11.1 Å². The van der Waals surface area contributed by atoms with Crippen LogP contribution in [-0.4, -0.2) is 28.1 Å². The molecule has 2 amide bonds. The maximum Gasteiger partial charge on any atom is 0.269 e. The first-order valence-electron chi connectivity index (χ1n) is 4.74. The Morgan fingerprint density at radius 1 is 1.67 bits per heavy atom. The SMILES string of the molecule is C[C@H]1C[C@@H]1NC(=O)c1cc(C(N)=O)n[nH]1. The summed E-state index contributed by atoms with van der Waals surface area (Å²) in [5, 5.41) is 8.90. The number of hydrogen-bond acceptors (Lipinski definition) is 3. The number of amides is 2. The highest BCUT2D eigenvalue weighted by Gasteiger charge is 2.34. The predicted molar refractivity (Wildman–Crippen MR) is 52.1 cm³/mol. The largest absolute Gasteiger partial charge is 0.364 e. The zero-order valence-electron chi connectivity index (χ0n) is 8.28. The predicted octanol–water partition coefficient (Wildman–Crippen LogP) is -0.353. The number of nitrogens with one attached hydrogen (secondary N) is 2. The molecule has 0 aromatic carbocycles. The number of rotatable bonds is 3. The van der Waals surface area contributed by atoms with Crippen LogP contribution in [0, 0.1) is 5.92 Å². The second-order valence-corrected chi connectivity index (χ2v) is 3.82. The van der Waals surface area contributed by atoms with E-state index in [1.54, 1.807) is 0 Å². The van der Waals surface area contributed by atoms with Gasteiger partial charge in [-0.2, -0.15) is 5.10 Å². The molecule has 0 spiro atoms. The van der Waals surface area contributed by atoms with Crippen LogP contribution in [0.1, 0.15) is 34.3 Å². The second kappa shape index (κ2) is 3.38. The van der Waals surface area contributed by atoms with Crippen LogP contribution >= 0.6 is 0 Å². The van der Waals surface area contributed by atoms with Gasteiger partial charge in [0.1, 0.15) is 5.69 Å². The molecule has 4 N–H and O–H groups in total. The van der Waals surface area contributed by atoms with E-state index in [2.05, 4.69) is 22.4 Å². The van der Waals surface area contributed by atoms with E-state index in [-0.39, 0.29) is 23.3 Å². The average molecular weight is 208 g/mol. The normalized spacial score (nSPS) is 23.5. The Hall–Kier alpha value is -1.85. The van der Waals surface area contributed by atoms with Crippen molar-refractivity contribution < 1.29 is 9.59 Å². The summed E-state index contributed by atoms with van der Waals surface area (Å²) in [7, 11) is 0. The minimum Gasteiger partial charge on any atom is -0.364 e. The number of nitrogens with zero attached hydrogens (tertiary/aromatic N) is 1. The van der Waals surface area contributed by atoms with Gasteiger partial charge >= 0.3 is 0 Å². The third-order valence-electron chi connectivity index (χ3n) is 2.50. The van der Waals surface area contributed by atoms with Gasteiger partial charge in [-0.3, -0.25) is 14.7 Å². The number of nitrogens with two attached hydrogens (primary N) is 1. The van der Waals surface area contributed by atoms with Crippen molar-refractivity contribution in [2.75, 3.05) is 0 Å². The first kappa shape index (κ1) is 9.70. The van der Waals surface area contributed by atoms with E-state index in [9.17, 15) is 9.59 Å². The van der Waals surface area contributed by atoms with E-state index < -0.39 is 5.91 Å². The minimum atomic E-state index is -0.648. The van der Waals surface area contributed by atoms with Crippen molar-refractivity contribution >= 4 is 11.8 Å². The number of aromatic amines is 1. The van der Waals surface area contributed by atoms with Gasteiger partial charge in [0.15, 0.2) is 5.69 Å². The lowest BCUT2D eigenvalue weighted by atomic mass is 10.3.